The van der Waals surface area contributed by atoms with Gasteiger partial charge in [-0.15, -0.1) is 0 Å². The fourth-order valence-corrected chi connectivity index (χ4v) is 3.91. The molecule has 1 N–H and O–H groups in total. The lowest BCUT2D eigenvalue weighted by molar-refractivity contribution is -0.141. The zero-order valence-electron chi connectivity index (χ0n) is 19.9. The first-order valence-corrected chi connectivity index (χ1v) is 11.5. The minimum atomic E-state index is -0.550. The molecule has 1 atom stereocenters. The summed E-state index contributed by atoms with van der Waals surface area (Å²) in [6.07, 6.45) is 1.36. The van der Waals surface area contributed by atoms with Gasteiger partial charge in [0.15, 0.2) is 11.5 Å². The average molecular weight is 455 g/mol. The van der Waals surface area contributed by atoms with Crippen LogP contribution in [0.1, 0.15) is 44.7 Å². The summed E-state index contributed by atoms with van der Waals surface area (Å²) in [6, 6.07) is 12.8. The highest BCUT2D eigenvalue weighted by Gasteiger charge is 2.29. The van der Waals surface area contributed by atoms with Crippen molar-refractivity contribution in [3.8, 4) is 17.2 Å². The predicted octanol–water partition coefficient (Wildman–Crippen LogP) is 3.73. The van der Waals surface area contributed by atoms with E-state index in [1.54, 1.807) is 12.0 Å². The van der Waals surface area contributed by atoms with Gasteiger partial charge in [-0.3, -0.25) is 9.59 Å². The Balaban J connectivity index is 1.77. The van der Waals surface area contributed by atoms with Crippen LogP contribution in [0.5, 0.6) is 17.2 Å². The first kappa shape index (κ1) is 24.4. The molecule has 2 aromatic rings. The van der Waals surface area contributed by atoms with Crippen molar-refractivity contribution in [2.24, 2.45) is 0 Å². The summed E-state index contributed by atoms with van der Waals surface area (Å²) in [6.45, 7) is 7.16. The molecule has 0 radical (unpaired) electrons. The van der Waals surface area contributed by atoms with Crippen LogP contribution >= 0.6 is 0 Å². The van der Waals surface area contributed by atoms with E-state index in [4.69, 9.17) is 14.2 Å². The number of methoxy groups -OCH3 is 1. The molecule has 7 nitrogen and oxygen atoms in total. The van der Waals surface area contributed by atoms with Crippen LogP contribution in [0, 0.1) is 0 Å². The van der Waals surface area contributed by atoms with Gasteiger partial charge in [0.05, 0.1) is 7.11 Å². The lowest BCUT2D eigenvalue weighted by Crippen LogP contribution is -2.50. The number of hydrogen-bond acceptors (Lipinski definition) is 5. The van der Waals surface area contributed by atoms with E-state index in [2.05, 4.69) is 5.32 Å². The molecule has 178 valence electrons. The summed E-state index contributed by atoms with van der Waals surface area (Å²) in [5.74, 6) is 1.95. The summed E-state index contributed by atoms with van der Waals surface area (Å²) in [4.78, 5) is 28.0. The summed E-state index contributed by atoms with van der Waals surface area (Å²) < 4.78 is 16.6. The Kier molecular flexibility index (Phi) is 8.58. The number of carbonyl (C=O) groups excluding carboxylic acids is 2. The first-order valence-electron chi connectivity index (χ1n) is 11.5. The number of aryl methyl sites for hydroxylation is 1. The van der Waals surface area contributed by atoms with Gasteiger partial charge in [0, 0.05) is 19.0 Å². The second-order valence-corrected chi connectivity index (χ2v) is 8.44. The van der Waals surface area contributed by atoms with Crippen molar-refractivity contribution < 1.29 is 23.8 Å². The van der Waals surface area contributed by atoms with Crippen molar-refractivity contribution in [1.29, 1.82) is 0 Å². The van der Waals surface area contributed by atoms with Gasteiger partial charge >= 0.3 is 0 Å². The maximum Gasteiger partial charge on any atom is 0.243 e. The number of hydrogen-bond donors (Lipinski definition) is 1. The van der Waals surface area contributed by atoms with Gasteiger partial charge in [0.1, 0.15) is 25.0 Å². The van der Waals surface area contributed by atoms with Crippen molar-refractivity contribution in [2.75, 3.05) is 20.3 Å². The lowest BCUT2D eigenvalue weighted by atomic mass is 10.1. The smallest absolute Gasteiger partial charge is 0.243 e. The molecule has 0 fully saturated rings. The molecular formula is C26H34N2O5. The SMILES string of the molecule is CCC(C(=O)NC(C)C)N(Cc1cccc(OC)c1)C(=O)CCc1ccc2c(c1)OCCO2. The number of nitrogens with one attached hydrogen (secondary N) is 1. The number of rotatable bonds is 10. The summed E-state index contributed by atoms with van der Waals surface area (Å²) in [5, 5.41) is 2.96. The quantitative estimate of drug-likeness (QED) is 0.592. The predicted molar refractivity (Wildman–Crippen MR) is 127 cm³/mol. The molecule has 0 aliphatic carbocycles. The topological polar surface area (TPSA) is 77.1 Å². The van der Waals surface area contributed by atoms with Crippen molar-refractivity contribution in [2.45, 2.75) is 58.7 Å². The third-order valence-corrected chi connectivity index (χ3v) is 5.54. The van der Waals surface area contributed by atoms with E-state index in [1.807, 2.05) is 63.2 Å². The summed E-state index contributed by atoms with van der Waals surface area (Å²) >= 11 is 0. The molecule has 0 bridgehead atoms. The van der Waals surface area contributed by atoms with Crippen LogP contribution in [0.2, 0.25) is 0 Å². The molecule has 1 aliphatic rings. The van der Waals surface area contributed by atoms with Crippen LogP contribution in [-0.2, 0) is 22.6 Å². The van der Waals surface area contributed by atoms with Crippen LogP contribution < -0.4 is 19.5 Å². The Morgan fingerprint density at radius 2 is 1.82 bits per heavy atom. The molecule has 3 rings (SSSR count). The molecule has 0 saturated heterocycles. The summed E-state index contributed by atoms with van der Waals surface area (Å²) in [5.41, 5.74) is 1.91. The molecule has 0 saturated carbocycles. The van der Waals surface area contributed by atoms with Gasteiger partial charge in [0.2, 0.25) is 11.8 Å². The number of carbonyl (C=O) groups is 2. The van der Waals surface area contributed by atoms with E-state index in [0.717, 1.165) is 22.6 Å². The third-order valence-electron chi connectivity index (χ3n) is 5.54. The van der Waals surface area contributed by atoms with Crippen LogP contribution in [0.25, 0.3) is 0 Å². The monoisotopic (exact) mass is 454 g/mol. The van der Waals surface area contributed by atoms with E-state index < -0.39 is 6.04 Å². The molecular weight excluding hydrogens is 420 g/mol. The van der Waals surface area contributed by atoms with Gasteiger partial charge in [-0.25, -0.2) is 0 Å². The second-order valence-electron chi connectivity index (χ2n) is 8.44. The van der Waals surface area contributed by atoms with E-state index in [1.165, 1.54) is 0 Å². The van der Waals surface area contributed by atoms with E-state index in [9.17, 15) is 9.59 Å². The number of fused-ring (bicyclic) bond motifs is 1. The molecule has 2 amide bonds. The number of amides is 2. The molecule has 1 unspecified atom stereocenters. The van der Waals surface area contributed by atoms with Crippen LogP contribution in [0.4, 0.5) is 0 Å². The highest BCUT2D eigenvalue weighted by molar-refractivity contribution is 5.87. The Morgan fingerprint density at radius 1 is 1.06 bits per heavy atom. The fraction of sp³-hybridized carbons (Fsp3) is 0.462. The Bertz CT molecular complexity index is 959. The van der Waals surface area contributed by atoms with Crippen molar-refractivity contribution >= 4 is 11.8 Å². The van der Waals surface area contributed by atoms with Gasteiger partial charge in [-0.1, -0.05) is 25.1 Å². The molecule has 1 heterocycles. The zero-order valence-corrected chi connectivity index (χ0v) is 19.9. The Morgan fingerprint density at radius 3 is 2.52 bits per heavy atom. The zero-order chi connectivity index (χ0) is 23.8. The fourth-order valence-electron chi connectivity index (χ4n) is 3.91. The minimum absolute atomic E-state index is 0.00182. The van der Waals surface area contributed by atoms with Crippen LogP contribution in [0.15, 0.2) is 42.5 Å². The average Bonchev–Trinajstić information content (AvgIpc) is 2.82. The largest absolute Gasteiger partial charge is 0.497 e. The minimum Gasteiger partial charge on any atom is -0.497 e. The normalized spacial score (nSPS) is 13.4. The highest BCUT2D eigenvalue weighted by atomic mass is 16.6. The van der Waals surface area contributed by atoms with Gasteiger partial charge < -0.3 is 24.4 Å². The Hall–Kier alpha value is -3.22. The Labute approximate surface area is 196 Å². The number of benzene rings is 2. The van der Waals surface area contributed by atoms with E-state index >= 15 is 0 Å². The highest BCUT2D eigenvalue weighted by Crippen LogP contribution is 2.31. The molecule has 0 spiro atoms. The van der Waals surface area contributed by atoms with Gasteiger partial charge in [0.25, 0.3) is 0 Å². The van der Waals surface area contributed by atoms with Crippen molar-refractivity contribution in [1.82, 2.24) is 10.2 Å². The van der Waals surface area contributed by atoms with Gasteiger partial charge in [-0.05, 0) is 62.1 Å². The number of ether oxygens (including phenoxy) is 3. The maximum absolute atomic E-state index is 13.4. The molecule has 0 aromatic heterocycles. The van der Waals surface area contributed by atoms with Crippen LogP contribution in [-0.4, -0.2) is 49.1 Å². The van der Waals surface area contributed by atoms with Crippen LogP contribution in [0.3, 0.4) is 0 Å². The standard InChI is InChI=1S/C26H34N2O5/c1-5-22(26(30)27-18(2)3)28(17-20-7-6-8-21(15-20)31-4)25(29)12-10-19-9-11-23-24(16-19)33-14-13-32-23/h6-9,11,15-16,18,22H,5,10,12-14,17H2,1-4H3,(H,27,30). The lowest BCUT2D eigenvalue weighted by Gasteiger charge is -2.31. The second kappa shape index (κ2) is 11.6. The third kappa shape index (κ3) is 6.63. The molecule has 1 aliphatic heterocycles. The molecule has 2 aromatic carbocycles. The molecule has 33 heavy (non-hydrogen) atoms. The summed E-state index contributed by atoms with van der Waals surface area (Å²) in [7, 11) is 1.61. The first-order chi connectivity index (χ1) is 15.9. The van der Waals surface area contributed by atoms with E-state index in [0.29, 0.717) is 38.3 Å². The van der Waals surface area contributed by atoms with E-state index in [-0.39, 0.29) is 24.3 Å². The number of nitrogens with zero attached hydrogens (tertiary/aromatic N) is 1. The maximum atomic E-state index is 13.4. The molecule has 7 heteroatoms. The van der Waals surface area contributed by atoms with Crippen molar-refractivity contribution in [3.05, 3.63) is 53.6 Å². The van der Waals surface area contributed by atoms with Gasteiger partial charge in [-0.2, -0.15) is 0 Å². The van der Waals surface area contributed by atoms with Crippen molar-refractivity contribution in [3.63, 3.8) is 0 Å².